The first kappa shape index (κ1) is 16.5. The number of aryl methyl sites for hydroxylation is 1. The molecule has 4 nitrogen and oxygen atoms in total. The highest BCUT2D eigenvalue weighted by molar-refractivity contribution is 7.17. The molecule has 0 aliphatic carbocycles. The number of nitrogens with zero attached hydrogens (tertiary/aromatic N) is 1. The van der Waals surface area contributed by atoms with E-state index in [1.165, 1.54) is 11.3 Å². The van der Waals surface area contributed by atoms with Crippen LogP contribution in [0.2, 0.25) is 5.02 Å². The van der Waals surface area contributed by atoms with E-state index in [0.29, 0.717) is 27.0 Å². The minimum absolute atomic E-state index is 0.206. The molecule has 1 aromatic heterocycles. The van der Waals surface area contributed by atoms with E-state index in [1.807, 2.05) is 37.3 Å². The fraction of sp³-hybridized carbons (Fsp3) is 0.111. The topological polar surface area (TPSA) is 51.2 Å². The molecular weight excluding hydrogens is 344 g/mol. The number of halogens is 1. The number of carbonyl (C=O) groups excluding carboxylic acids is 1. The molecule has 0 saturated heterocycles. The van der Waals surface area contributed by atoms with Gasteiger partial charge in [-0.3, -0.25) is 4.79 Å². The second-order valence-corrected chi connectivity index (χ2v) is 6.53. The molecule has 0 unspecified atom stereocenters. The second-order valence-electron chi connectivity index (χ2n) is 5.10. The van der Waals surface area contributed by atoms with Crippen LogP contribution in [0.3, 0.4) is 0 Å². The van der Waals surface area contributed by atoms with Crippen molar-refractivity contribution in [3.05, 3.63) is 64.1 Å². The molecule has 2 aromatic carbocycles. The van der Waals surface area contributed by atoms with E-state index in [2.05, 4.69) is 10.3 Å². The van der Waals surface area contributed by atoms with E-state index in [4.69, 9.17) is 16.3 Å². The van der Waals surface area contributed by atoms with Gasteiger partial charge in [-0.2, -0.15) is 0 Å². The minimum Gasteiger partial charge on any atom is -0.495 e. The van der Waals surface area contributed by atoms with Gasteiger partial charge in [-0.1, -0.05) is 35.9 Å². The van der Waals surface area contributed by atoms with Crippen LogP contribution in [0.15, 0.2) is 48.5 Å². The van der Waals surface area contributed by atoms with Gasteiger partial charge in [-0.25, -0.2) is 4.98 Å². The van der Waals surface area contributed by atoms with Crippen molar-refractivity contribution in [2.75, 3.05) is 12.4 Å². The molecule has 0 fully saturated rings. The van der Waals surface area contributed by atoms with Gasteiger partial charge in [0.2, 0.25) is 0 Å². The van der Waals surface area contributed by atoms with Crippen molar-refractivity contribution >= 4 is 34.5 Å². The van der Waals surface area contributed by atoms with Crippen molar-refractivity contribution in [2.45, 2.75) is 6.92 Å². The number of para-hydroxylation sites is 2. The molecule has 1 heterocycles. The Morgan fingerprint density at radius 2 is 2.00 bits per heavy atom. The smallest absolute Gasteiger partial charge is 0.267 e. The monoisotopic (exact) mass is 358 g/mol. The number of amides is 1. The van der Waals surface area contributed by atoms with E-state index >= 15 is 0 Å². The number of aromatic nitrogens is 1. The maximum Gasteiger partial charge on any atom is 0.267 e. The SMILES string of the molecule is COc1ccccc1NC(=O)c1sc(-c2cccc(Cl)c2)nc1C. The number of benzene rings is 2. The van der Waals surface area contributed by atoms with Crippen molar-refractivity contribution in [1.29, 1.82) is 0 Å². The molecule has 122 valence electrons. The Kier molecular flexibility index (Phi) is 4.83. The van der Waals surface area contributed by atoms with Crippen molar-refractivity contribution < 1.29 is 9.53 Å². The summed E-state index contributed by atoms with van der Waals surface area (Å²) in [6, 6.07) is 14.7. The predicted molar refractivity (Wildman–Crippen MR) is 98.2 cm³/mol. The number of methoxy groups -OCH3 is 1. The average molecular weight is 359 g/mol. The summed E-state index contributed by atoms with van der Waals surface area (Å²) in [5.74, 6) is 0.408. The Bertz CT molecular complexity index is 892. The summed E-state index contributed by atoms with van der Waals surface area (Å²) in [6.45, 7) is 1.82. The van der Waals surface area contributed by atoms with Crippen LogP contribution in [0, 0.1) is 6.92 Å². The fourth-order valence-corrected chi connectivity index (χ4v) is 3.43. The number of carbonyl (C=O) groups is 1. The van der Waals surface area contributed by atoms with Crippen LogP contribution < -0.4 is 10.1 Å². The van der Waals surface area contributed by atoms with Crippen LogP contribution in [0.5, 0.6) is 5.75 Å². The minimum atomic E-state index is -0.206. The number of thiazole rings is 1. The fourth-order valence-electron chi connectivity index (χ4n) is 2.28. The number of ether oxygens (including phenoxy) is 1. The Morgan fingerprint density at radius 3 is 2.75 bits per heavy atom. The van der Waals surface area contributed by atoms with Crippen LogP contribution in [0.4, 0.5) is 5.69 Å². The molecule has 0 radical (unpaired) electrons. The Labute approximate surface area is 149 Å². The number of hydrogen-bond donors (Lipinski definition) is 1. The van der Waals surface area contributed by atoms with Crippen LogP contribution in [-0.2, 0) is 0 Å². The van der Waals surface area contributed by atoms with Crippen molar-refractivity contribution in [3.63, 3.8) is 0 Å². The molecule has 0 saturated carbocycles. The van der Waals surface area contributed by atoms with Gasteiger partial charge in [-0.15, -0.1) is 11.3 Å². The lowest BCUT2D eigenvalue weighted by atomic mass is 10.2. The molecule has 0 bridgehead atoms. The number of nitrogens with one attached hydrogen (secondary N) is 1. The number of hydrogen-bond acceptors (Lipinski definition) is 4. The van der Waals surface area contributed by atoms with Crippen LogP contribution in [-0.4, -0.2) is 18.0 Å². The summed E-state index contributed by atoms with van der Waals surface area (Å²) in [5.41, 5.74) is 2.21. The molecule has 6 heteroatoms. The normalized spacial score (nSPS) is 10.5. The predicted octanol–water partition coefficient (Wildman–Crippen LogP) is 5.03. The lowest BCUT2D eigenvalue weighted by molar-refractivity contribution is 0.102. The van der Waals surface area contributed by atoms with E-state index < -0.39 is 0 Å². The lowest BCUT2D eigenvalue weighted by Crippen LogP contribution is -2.12. The summed E-state index contributed by atoms with van der Waals surface area (Å²) in [6.07, 6.45) is 0. The molecule has 1 amide bonds. The molecule has 0 aliphatic heterocycles. The van der Waals surface area contributed by atoms with Gasteiger partial charge in [0, 0.05) is 10.6 Å². The molecule has 3 aromatic rings. The standard InChI is InChI=1S/C18H15ClN2O2S/c1-11-16(17(22)21-14-8-3-4-9-15(14)23-2)24-18(20-11)12-6-5-7-13(19)10-12/h3-10H,1-2H3,(H,21,22). The first-order chi connectivity index (χ1) is 11.6. The zero-order valence-corrected chi connectivity index (χ0v) is 14.7. The van der Waals surface area contributed by atoms with Gasteiger partial charge >= 0.3 is 0 Å². The van der Waals surface area contributed by atoms with E-state index in [0.717, 1.165) is 10.6 Å². The Morgan fingerprint density at radius 1 is 1.21 bits per heavy atom. The Balaban J connectivity index is 1.88. The summed E-state index contributed by atoms with van der Waals surface area (Å²) in [5, 5.41) is 4.28. The molecule has 0 aliphatic rings. The second kappa shape index (κ2) is 7.03. The molecule has 0 atom stereocenters. The molecule has 24 heavy (non-hydrogen) atoms. The largest absolute Gasteiger partial charge is 0.495 e. The molecule has 1 N–H and O–H groups in total. The number of anilines is 1. The highest BCUT2D eigenvalue weighted by Gasteiger charge is 2.17. The van der Waals surface area contributed by atoms with Gasteiger partial charge in [0.15, 0.2) is 0 Å². The Hall–Kier alpha value is -2.37. The summed E-state index contributed by atoms with van der Waals surface area (Å²) >= 11 is 7.37. The van der Waals surface area contributed by atoms with Gasteiger partial charge in [0.05, 0.1) is 18.5 Å². The first-order valence-electron chi connectivity index (χ1n) is 7.26. The van der Waals surface area contributed by atoms with Crippen molar-refractivity contribution in [1.82, 2.24) is 4.98 Å². The van der Waals surface area contributed by atoms with Gasteiger partial charge < -0.3 is 10.1 Å². The van der Waals surface area contributed by atoms with Gasteiger partial charge in [-0.05, 0) is 31.2 Å². The molecule has 3 rings (SSSR count). The summed E-state index contributed by atoms with van der Waals surface area (Å²) < 4.78 is 5.26. The van der Waals surface area contributed by atoms with Crippen LogP contribution in [0.25, 0.3) is 10.6 Å². The third kappa shape index (κ3) is 3.42. The lowest BCUT2D eigenvalue weighted by Gasteiger charge is -2.08. The van der Waals surface area contributed by atoms with Crippen LogP contribution >= 0.6 is 22.9 Å². The van der Waals surface area contributed by atoms with Crippen molar-refractivity contribution in [2.24, 2.45) is 0 Å². The summed E-state index contributed by atoms with van der Waals surface area (Å²) in [7, 11) is 1.57. The van der Waals surface area contributed by atoms with Crippen molar-refractivity contribution in [3.8, 4) is 16.3 Å². The zero-order chi connectivity index (χ0) is 17.1. The van der Waals surface area contributed by atoms with E-state index in [9.17, 15) is 4.79 Å². The zero-order valence-electron chi connectivity index (χ0n) is 13.2. The molecular formula is C18H15ClN2O2S. The van der Waals surface area contributed by atoms with E-state index in [-0.39, 0.29) is 5.91 Å². The highest BCUT2D eigenvalue weighted by Crippen LogP contribution is 2.31. The van der Waals surface area contributed by atoms with Crippen LogP contribution in [0.1, 0.15) is 15.4 Å². The number of rotatable bonds is 4. The maximum absolute atomic E-state index is 12.6. The average Bonchev–Trinajstić information content (AvgIpc) is 2.97. The quantitative estimate of drug-likeness (QED) is 0.711. The van der Waals surface area contributed by atoms with E-state index in [1.54, 1.807) is 25.3 Å². The van der Waals surface area contributed by atoms with Gasteiger partial charge in [0.25, 0.3) is 5.91 Å². The summed E-state index contributed by atoms with van der Waals surface area (Å²) in [4.78, 5) is 17.7. The van der Waals surface area contributed by atoms with Gasteiger partial charge in [0.1, 0.15) is 15.6 Å². The molecule has 0 spiro atoms. The highest BCUT2D eigenvalue weighted by atomic mass is 35.5. The maximum atomic E-state index is 12.6. The first-order valence-corrected chi connectivity index (χ1v) is 8.45. The third-order valence-electron chi connectivity index (χ3n) is 3.43. The third-order valence-corrected chi connectivity index (χ3v) is 4.87.